The van der Waals surface area contributed by atoms with Gasteiger partial charge in [-0.1, -0.05) is 35.9 Å². The number of benzene rings is 2. The van der Waals surface area contributed by atoms with Crippen molar-refractivity contribution < 1.29 is 23.6 Å². The van der Waals surface area contributed by atoms with E-state index in [1.165, 1.54) is 24.3 Å². The molecule has 0 aliphatic carbocycles. The van der Waals surface area contributed by atoms with Crippen LogP contribution in [0, 0.1) is 17.7 Å². The van der Waals surface area contributed by atoms with Crippen molar-refractivity contribution in [2.45, 2.75) is 24.5 Å². The maximum absolute atomic E-state index is 13.6. The molecule has 0 aromatic heterocycles. The van der Waals surface area contributed by atoms with E-state index >= 15 is 0 Å². The quantitative estimate of drug-likeness (QED) is 0.598. The number of fused-ring (bicyclic) bond motifs is 4. The Kier molecular flexibility index (Phi) is 4.58. The number of hydrogen-bond donors (Lipinski definition) is 3. The van der Waals surface area contributed by atoms with E-state index < -0.39 is 52.9 Å². The zero-order valence-corrected chi connectivity index (χ0v) is 17.4. The third-order valence-corrected chi connectivity index (χ3v) is 6.78. The molecule has 4 atom stereocenters. The molecule has 0 saturated carbocycles. The van der Waals surface area contributed by atoms with Crippen LogP contribution in [0.1, 0.15) is 17.5 Å². The fraction of sp³-hybridized carbons (Fsp3) is 0.273. The summed E-state index contributed by atoms with van der Waals surface area (Å²) < 4.78 is 13.3. The number of halogens is 2. The van der Waals surface area contributed by atoms with Gasteiger partial charge in [0.1, 0.15) is 11.4 Å². The summed E-state index contributed by atoms with van der Waals surface area (Å²) in [6, 6.07) is 9.55. The minimum atomic E-state index is -1.56. The van der Waals surface area contributed by atoms with Gasteiger partial charge in [-0.05, 0) is 23.8 Å². The third kappa shape index (κ3) is 2.78. The fourth-order valence-corrected chi connectivity index (χ4v) is 5.39. The molecule has 2 aromatic rings. The maximum atomic E-state index is 13.6. The topological polar surface area (TPSA) is 122 Å². The Morgan fingerprint density at radius 1 is 1.12 bits per heavy atom. The van der Waals surface area contributed by atoms with Crippen LogP contribution in [0.15, 0.2) is 42.5 Å². The summed E-state index contributed by atoms with van der Waals surface area (Å²) in [6.45, 7) is -0.0751. The smallest absolute Gasteiger partial charge is 0.250 e. The van der Waals surface area contributed by atoms with Crippen molar-refractivity contribution in [3.63, 3.8) is 0 Å². The number of carbonyl (C=O) groups is 4. The van der Waals surface area contributed by atoms with Crippen LogP contribution in [-0.4, -0.2) is 34.6 Å². The molecule has 32 heavy (non-hydrogen) atoms. The monoisotopic (exact) mass is 456 g/mol. The van der Waals surface area contributed by atoms with E-state index in [9.17, 15) is 23.6 Å². The number of amides is 4. The lowest BCUT2D eigenvalue weighted by molar-refractivity contribution is -0.143. The zero-order valence-electron chi connectivity index (χ0n) is 16.6. The van der Waals surface area contributed by atoms with Crippen molar-refractivity contribution in [1.29, 1.82) is 0 Å². The normalized spacial score (nSPS) is 28.2. The molecular formula is C22H18ClFN4O4. The van der Waals surface area contributed by atoms with Gasteiger partial charge in [0.15, 0.2) is 0 Å². The molecule has 0 radical (unpaired) electrons. The Labute approximate surface area is 186 Å². The molecule has 4 amide bonds. The molecule has 0 bridgehead atoms. The predicted molar refractivity (Wildman–Crippen MR) is 111 cm³/mol. The first-order chi connectivity index (χ1) is 15.2. The summed E-state index contributed by atoms with van der Waals surface area (Å²) in [5.74, 6) is -4.74. The molecule has 2 fully saturated rings. The molecule has 10 heteroatoms. The second-order valence-electron chi connectivity index (χ2n) is 8.24. The number of nitrogens with two attached hydrogens (primary N) is 1. The average Bonchev–Trinajstić information content (AvgIpc) is 3.31. The summed E-state index contributed by atoms with van der Waals surface area (Å²) in [5.41, 5.74) is 5.21. The van der Waals surface area contributed by atoms with Gasteiger partial charge in [0, 0.05) is 18.0 Å². The van der Waals surface area contributed by atoms with E-state index in [4.69, 9.17) is 17.3 Å². The van der Waals surface area contributed by atoms with Gasteiger partial charge in [0.2, 0.25) is 23.6 Å². The molecule has 3 aliphatic heterocycles. The summed E-state index contributed by atoms with van der Waals surface area (Å²) in [4.78, 5) is 53.0. The molecule has 2 aromatic carbocycles. The number of primary amides is 1. The Balaban J connectivity index is 1.60. The fourth-order valence-electron chi connectivity index (χ4n) is 5.17. The molecular weight excluding hydrogens is 439 g/mol. The molecule has 8 nitrogen and oxygen atoms in total. The van der Waals surface area contributed by atoms with Gasteiger partial charge >= 0.3 is 0 Å². The number of rotatable bonds is 4. The number of imide groups is 1. The number of likely N-dealkylation sites (tertiary alicyclic amines) is 1. The van der Waals surface area contributed by atoms with Crippen molar-refractivity contribution in [3.05, 3.63) is 64.4 Å². The van der Waals surface area contributed by atoms with Crippen molar-refractivity contribution in [1.82, 2.24) is 10.2 Å². The summed E-state index contributed by atoms with van der Waals surface area (Å²) in [7, 11) is 0. The van der Waals surface area contributed by atoms with E-state index in [-0.39, 0.29) is 13.0 Å². The highest BCUT2D eigenvalue weighted by Gasteiger charge is 2.70. The van der Waals surface area contributed by atoms with Gasteiger partial charge in [0.25, 0.3) is 0 Å². The Morgan fingerprint density at radius 3 is 2.53 bits per heavy atom. The standard InChI is InChI=1S/C22H18ClFN4O4/c23-13-3-1-2-12-18(13)26-21(32)22(12)17-16(14(27-22)8-15(25)29)19(30)28(20(17)31)9-10-4-6-11(24)7-5-10/h1-7,14,16-17,27H,8-9H2,(H2,25,29)(H,26,32)/t14?,16-,17+,22?/m0/s1. The highest BCUT2D eigenvalue weighted by atomic mass is 35.5. The van der Waals surface area contributed by atoms with Crippen molar-refractivity contribution in [2.75, 3.05) is 5.32 Å². The van der Waals surface area contributed by atoms with Crippen molar-refractivity contribution in [2.24, 2.45) is 17.6 Å². The molecule has 5 rings (SSSR count). The number of anilines is 1. The largest absolute Gasteiger partial charge is 0.370 e. The van der Waals surface area contributed by atoms with Crippen LogP contribution in [-0.2, 0) is 31.3 Å². The van der Waals surface area contributed by atoms with Crippen LogP contribution in [0.5, 0.6) is 0 Å². The molecule has 164 valence electrons. The first-order valence-corrected chi connectivity index (χ1v) is 10.4. The first-order valence-electron chi connectivity index (χ1n) is 10.00. The molecule has 1 spiro atoms. The minimum absolute atomic E-state index is 0.0751. The van der Waals surface area contributed by atoms with Crippen LogP contribution in [0.3, 0.4) is 0 Å². The Bertz CT molecular complexity index is 1190. The molecule has 4 N–H and O–H groups in total. The molecule has 2 saturated heterocycles. The Hall–Kier alpha value is -3.30. The van der Waals surface area contributed by atoms with Gasteiger partial charge in [-0.15, -0.1) is 0 Å². The zero-order chi connectivity index (χ0) is 22.8. The summed E-state index contributed by atoms with van der Waals surface area (Å²) in [5, 5.41) is 6.11. The SMILES string of the molecule is NC(=O)CC1NC2(C(=O)Nc3c(Cl)cccc32)[C@H]2C(=O)N(Cc3ccc(F)cc3)C(=O)[C@@H]12. The van der Waals surface area contributed by atoms with E-state index in [0.717, 1.165) is 4.90 Å². The lowest BCUT2D eigenvalue weighted by Gasteiger charge is -2.29. The molecule has 2 unspecified atom stereocenters. The lowest BCUT2D eigenvalue weighted by Crippen LogP contribution is -2.53. The minimum Gasteiger partial charge on any atom is -0.370 e. The van der Waals surface area contributed by atoms with Crippen LogP contribution in [0.25, 0.3) is 0 Å². The highest BCUT2D eigenvalue weighted by Crippen LogP contribution is 2.54. The predicted octanol–water partition coefficient (Wildman–Crippen LogP) is 1.28. The lowest BCUT2D eigenvalue weighted by atomic mass is 9.76. The van der Waals surface area contributed by atoms with Gasteiger partial charge < -0.3 is 11.1 Å². The van der Waals surface area contributed by atoms with Gasteiger partial charge in [-0.25, -0.2) is 4.39 Å². The molecule has 3 aliphatic rings. The third-order valence-electron chi connectivity index (χ3n) is 6.47. The highest BCUT2D eigenvalue weighted by molar-refractivity contribution is 6.35. The number of nitrogens with one attached hydrogen (secondary N) is 2. The second kappa shape index (κ2) is 7.11. The molecule has 3 heterocycles. The van der Waals surface area contributed by atoms with Gasteiger partial charge in [-0.2, -0.15) is 0 Å². The first kappa shape index (κ1) is 20.6. The van der Waals surface area contributed by atoms with Crippen LogP contribution < -0.4 is 16.4 Å². The second-order valence-corrected chi connectivity index (χ2v) is 8.65. The van der Waals surface area contributed by atoms with Crippen LogP contribution >= 0.6 is 11.6 Å². The number of para-hydroxylation sites is 1. The van der Waals surface area contributed by atoms with Crippen LogP contribution in [0.2, 0.25) is 5.02 Å². The number of carbonyl (C=O) groups excluding carboxylic acids is 4. The average molecular weight is 457 g/mol. The maximum Gasteiger partial charge on any atom is 0.250 e. The number of nitrogens with zero attached hydrogens (tertiary/aromatic N) is 1. The van der Waals surface area contributed by atoms with Gasteiger partial charge in [0.05, 0.1) is 29.1 Å². The number of hydrogen-bond acceptors (Lipinski definition) is 5. The summed E-state index contributed by atoms with van der Waals surface area (Å²) in [6.07, 6.45) is -0.227. The van der Waals surface area contributed by atoms with Gasteiger partial charge in [-0.3, -0.25) is 29.4 Å². The summed E-state index contributed by atoms with van der Waals surface area (Å²) >= 11 is 6.26. The van der Waals surface area contributed by atoms with E-state index in [1.807, 2.05) is 0 Å². The Morgan fingerprint density at radius 2 is 1.84 bits per heavy atom. The van der Waals surface area contributed by atoms with E-state index in [0.29, 0.717) is 21.8 Å². The van der Waals surface area contributed by atoms with E-state index in [1.54, 1.807) is 18.2 Å². The van der Waals surface area contributed by atoms with Crippen molar-refractivity contribution in [3.8, 4) is 0 Å². The van der Waals surface area contributed by atoms with E-state index in [2.05, 4.69) is 10.6 Å². The van der Waals surface area contributed by atoms with Crippen LogP contribution in [0.4, 0.5) is 10.1 Å². The van der Waals surface area contributed by atoms with Crippen molar-refractivity contribution >= 4 is 40.9 Å².